The summed E-state index contributed by atoms with van der Waals surface area (Å²) < 4.78 is 5.96. The summed E-state index contributed by atoms with van der Waals surface area (Å²) in [5.41, 5.74) is 1.25. The van der Waals surface area contributed by atoms with Gasteiger partial charge in [0.1, 0.15) is 60.2 Å². The summed E-state index contributed by atoms with van der Waals surface area (Å²) in [5.74, 6) is -6.64. The molecule has 0 spiro atoms. The average Bonchev–Trinajstić information content (AvgIpc) is 4.04. The lowest BCUT2D eigenvalue weighted by molar-refractivity contribution is -0.161. The second-order valence-electron chi connectivity index (χ2n) is 20.6. The molecule has 0 radical (unpaired) electrons. The van der Waals surface area contributed by atoms with E-state index in [1.54, 1.807) is 63.2 Å². The maximum atomic E-state index is 15.0. The molecule has 3 saturated heterocycles. The van der Waals surface area contributed by atoms with Crippen molar-refractivity contribution in [1.29, 1.82) is 0 Å². The largest absolute Gasteiger partial charge is 0.508 e. The molecule has 0 saturated carbocycles. The van der Waals surface area contributed by atoms with Crippen LogP contribution >= 0.6 is 0 Å². The van der Waals surface area contributed by atoms with Crippen LogP contribution in [0.4, 0.5) is 0 Å². The zero-order valence-corrected chi connectivity index (χ0v) is 43.3. The Balaban J connectivity index is 1.61. The van der Waals surface area contributed by atoms with Gasteiger partial charge < -0.3 is 51.1 Å². The number of nitrogens with zero attached hydrogens (tertiary/aromatic N) is 3. The highest BCUT2D eigenvalue weighted by atomic mass is 16.5. The van der Waals surface area contributed by atoms with Crippen LogP contribution in [0.2, 0.25) is 0 Å². The van der Waals surface area contributed by atoms with Gasteiger partial charge in [0.15, 0.2) is 0 Å². The number of hydrogen-bond acceptors (Lipinski definition) is 11. The van der Waals surface area contributed by atoms with E-state index < -0.39 is 114 Å². The Morgan fingerprint density at radius 3 is 1.81 bits per heavy atom. The molecule has 2 aromatic rings. The van der Waals surface area contributed by atoms with Crippen LogP contribution in [0.5, 0.6) is 5.75 Å². The van der Waals surface area contributed by atoms with Crippen LogP contribution in [0.1, 0.15) is 111 Å². The van der Waals surface area contributed by atoms with E-state index in [2.05, 4.69) is 26.6 Å². The molecule has 9 unspecified atom stereocenters. The molecule has 0 aromatic heterocycles. The Morgan fingerprint density at radius 2 is 1.21 bits per heavy atom. The van der Waals surface area contributed by atoms with Crippen LogP contribution in [-0.4, -0.2) is 148 Å². The number of phenolic OH excluding ortho intramolecular Hbond substituents is 1. The van der Waals surface area contributed by atoms with Crippen LogP contribution in [0.3, 0.4) is 0 Å². The van der Waals surface area contributed by atoms with Crippen molar-refractivity contribution in [3.05, 3.63) is 65.7 Å². The molecule has 19 nitrogen and oxygen atoms in total. The van der Waals surface area contributed by atoms with Gasteiger partial charge in [-0.05, 0) is 86.5 Å². The molecular formula is C53H76N8O11. The molecular weight excluding hydrogens is 925 g/mol. The predicted octanol–water partition coefficient (Wildman–Crippen LogP) is 2.51. The third-order valence-electron chi connectivity index (χ3n) is 13.6. The van der Waals surface area contributed by atoms with Crippen LogP contribution < -0.4 is 26.6 Å². The van der Waals surface area contributed by atoms with Gasteiger partial charge in [-0.3, -0.25) is 38.4 Å². The molecule has 394 valence electrons. The first kappa shape index (κ1) is 56.4. The van der Waals surface area contributed by atoms with Crippen molar-refractivity contribution in [2.45, 2.75) is 168 Å². The molecule has 0 bridgehead atoms. The van der Waals surface area contributed by atoms with Gasteiger partial charge in [0.2, 0.25) is 47.3 Å². The predicted molar refractivity (Wildman–Crippen MR) is 267 cm³/mol. The van der Waals surface area contributed by atoms with Crippen molar-refractivity contribution in [3.8, 4) is 5.75 Å². The van der Waals surface area contributed by atoms with Gasteiger partial charge in [-0.15, -0.1) is 0 Å². The molecule has 3 aliphatic heterocycles. The Kier molecular flexibility index (Phi) is 20.1. The minimum Gasteiger partial charge on any atom is -0.508 e. The molecule has 3 heterocycles. The standard InChI is InChI=1S/C53H76N8O11/c1-10-43(63)57-45-33(8)72-53(71)41-19-15-25-61(41)51(69)42(29-35-20-22-36(62)23-21-35)59(9)50(68)39(27-31(4)5)56-48(66)40-18-14-24-60(40)52(70)44(32(6)7)58-47(65)37(26-30(2)3)54-46(64)38(55-49(45)67)28-34-16-12-11-13-17-34/h11-13,16-17,20-23,30-33,37-42,44-45,62H,10,14-15,18-19,24-29H2,1-9H3,(H,54,64)(H,55,67)(H,56,66)(H,57,63)(H,58,65). The highest BCUT2D eigenvalue weighted by Crippen LogP contribution is 2.26. The van der Waals surface area contributed by atoms with Crippen LogP contribution in [0.15, 0.2) is 54.6 Å². The van der Waals surface area contributed by atoms with Crippen molar-refractivity contribution in [2.75, 3.05) is 20.1 Å². The summed E-state index contributed by atoms with van der Waals surface area (Å²) >= 11 is 0. The molecule has 9 atom stereocenters. The van der Waals surface area contributed by atoms with E-state index in [1.807, 2.05) is 27.7 Å². The number of likely N-dealkylation sites (N-methyl/N-ethyl adjacent to an activating group) is 1. The number of benzene rings is 2. The van der Waals surface area contributed by atoms with Gasteiger partial charge in [-0.25, -0.2) is 4.79 Å². The highest BCUT2D eigenvalue weighted by Gasteiger charge is 2.45. The van der Waals surface area contributed by atoms with Crippen molar-refractivity contribution in [2.24, 2.45) is 17.8 Å². The summed E-state index contributed by atoms with van der Waals surface area (Å²) in [4.78, 5) is 134. The lowest BCUT2D eigenvalue weighted by atomic mass is 9.98. The van der Waals surface area contributed by atoms with Gasteiger partial charge in [0.25, 0.3) is 0 Å². The molecule has 5 rings (SSSR count). The lowest BCUT2D eigenvalue weighted by Gasteiger charge is -2.36. The minimum atomic E-state index is -1.52. The lowest BCUT2D eigenvalue weighted by Crippen LogP contribution is -2.61. The summed E-state index contributed by atoms with van der Waals surface area (Å²) in [6.45, 7) is 14.3. The third kappa shape index (κ3) is 14.8. The number of hydrogen-bond donors (Lipinski definition) is 6. The second kappa shape index (κ2) is 25.7. The van der Waals surface area contributed by atoms with Gasteiger partial charge in [-0.2, -0.15) is 0 Å². The van der Waals surface area contributed by atoms with Gasteiger partial charge >= 0.3 is 5.97 Å². The number of ether oxygens (including phenoxy) is 1. The topological polar surface area (TPSA) is 253 Å². The number of fused-ring (bicyclic) bond motifs is 2. The molecule has 2 aromatic carbocycles. The molecule has 3 aliphatic rings. The smallest absolute Gasteiger partial charge is 0.329 e. The SMILES string of the molecule is CCC(=O)NC1C(=O)NC(Cc2ccccc2)C(=O)NC(CC(C)C)C(=O)NC(C(C)C)C(=O)N2CCCC2C(=O)NC(CC(C)C)C(=O)N(C)C(Cc2ccc(O)cc2)C(=O)N2CCCC2C(=O)OC1C. The number of cyclic esters (lactones) is 1. The first-order chi connectivity index (χ1) is 34.1. The molecule has 0 aliphatic carbocycles. The fourth-order valence-electron chi connectivity index (χ4n) is 9.62. The summed E-state index contributed by atoms with van der Waals surface area (Å²) in [6, 6.07) is 5.34. The average molecular weight is 1000 g/mol. The number of carbonyl (C=O) groups is 9. The Hall–Kier alpha value is -6.53. The summed E-state index contributed by atoms with van der Waals surface area (Å²) in [7, 11) is 1.46. The summed E-state index contributed by atoms with van der Waals surface area (Å²) in [5, 5.41) is 24.1. The number of esters is 1. The molecule has 72 heavy (non-hydrogen) atoms. The number of phenols is 1. The quantitative estimate of drug-likeness (QED) is 0.179. The van der Waals surface area contributed by atoms with E-state index in [-0.39, 0.29) is 75.6 Å². The monoisotopic (exact) mass is 1000 g/mol. The molecule has 3 fully saturated rings. The zero-order valence-electron chi connectivity index (χ0n) is 43.3. The number of nitrogens with one attached hydrogen (secondary N) is 5. The van der Waals surface area contributed by atoms with E-state index in [0.29, 0.717) is 24.0 Å². The van der Waals surface area contributed by atoms with Crippen molar-refractivity contribution in [1.82, 2.24) is 41.3 Å². The summed E-state index contributed by atoms with van der Waals surface area (Å²) in [6.07, 6.45) is 0.208. The van der Waals surface area contributed by atoms with Gasteiger partial charge in [0.05, 0.1) is 0 Å². The number of aromatic hydroxyl groups is 1. The van der Waals surface area contributed by atoms with Gasteiger partial charge in [0, 0.05) is 39.4 Å². The van der Waals surface area contributed by atoms with E-state index in [0.717, 1.165) is 0 Å². The first-order valence-electron chi connectivity index (χ1n) is 25.5. The van der Waals surface area contributed by atoms with Gasteiger partial charge in [-0.1, -0.05) is 90.9 Å². The first-order valence-corrected chi connectivity index (χ1v) is 25.5. The molecule has 6 N–H and O–H groups in total. The van der Waals surface area contributed by atoms with E-state index in [4.69, 9.17) is 4.74 Å². The van der Waals surface area contributed by atoms with Crippen LogP contribution in [-0.2, 0) is 60.7 Å². The highest BCUT2D eigenvalue weighted by molar-refractivity contribution is 5.98. The van der Waals surface area contributed by atoms with Crippen LogP contribution in [0, 0.1) is 17.8 Å². The van der Waals surface area contributed by atoms with E-state index in [1.165, 1.54) is 40.8 Å². The molecule has 19 heteroatoms. The van der Waals surface area contributed by atoms with Crippen molar-refractivity contribution < 1.29 is 53.0 Å². The fourth-order valence-corrected chi connectivity index (χ4v) is 9.62. The van der Waals surface area contributed by atoms with E-state index in [9.17, 15) is 48.3 Å². The Bertz CT molecular complexity index is 2260. The van der Waals surface area contributed by atoms with E-state index >= 15 is 0 Å². The van der Waals surface area contributed by atoms with Crippen molar-refractivity contribution >= 4 is 53.2 Å². The number of amides is 8. The van der Waals surface area contributed by atoms with Crippen molar-refractivity contribution in [3.63, 3.8) is 0 Å². The third-order valence-corrected chi connectivity index (χ3v) is 13.6. The number of carbonyl (C=O) groups excluding carboxylic acids is 9. The number of rotatable bonds is 11. The fraction of sp³-hybridized carbons (Fsp3) is 0.604. The Labute approximate surface area is 423 Å². The van der Waals surface area contributed by atoms with Crippen LogP contribution in [0.25, 0.3) is 0 Å². The normalized spacial score (nSPS) is 26.8. The minimum absolute atomic E-state index is 0.0103. The second-order valence-corrected chi connectivity index (χ2v) is 20.6. The maximum Gasteiger partial charge on any atom is 0.329 e. The maximum absolute atomic E-state index is 15.0. The molecule has 8 amide bonds. The Morgan fingerprint density at radius 1 is 0.667 bits per heavy atom. The zero-order chi connectivity index (χ0) is 53.0.